The topological polar surface area (TPSA) is 94.9 Å². The monoisotopic (exact) mass is 274 g/mol. The SMILES string of the molecule is Nc1c([N+](=O)[O-])cc(Br)c2nsnc12. The van der Waals surface area contributed by atoms with E-state index in [-0.39, 0.29) is 11.4 Å². The number of anilines is 1. The zero-order chi connectivity index (χ0) is 10.3. The van der Waals surface area contributed by atoms with Crippen LogP contribution in [0.15, 0.2) is 10.5 Å². The third kappa shape index (κ3) is 1.23. The van der Waals surface area contributed by atoms with Gasteiger partial charge in [0, 0.05) is 6.07 Å². The Bertz CT molecular complexity index is 526. The van der Waals surface area contributed by atoms with Crippen molar-refractivity contribution in [2.75, 3.05) is 5.73 Å². The Hall–Kier alpha value is -1.28. The molecule has 0 spiro atoms. The number of benzene rings is 1. The van der Waals surface area contributed by atoms with E-state index in [4.69, 9.17) is 5.73 Å². The molecule has 0 radical (unpaired) electrons. The van der Waals surface area contributed by atoms with Crippen LogP contribution >= 0.6 is 27.7 Å². The molecule has 2 aromatic rings. The molecule has 0 atom stereocenters. The minimum Gasteiger partial charge on any atom is -0.391 e. The van der Waals surface area contributed by atoms with Gasteiger partial charge in [0.2, 0.25) is 0 Å². The first-order valence-electron chi connectivity index (χ1n) is 3.46. The highest BCUT2D eigenvalue weighted by Crippen LogP contribution is 2.34. The maximum absolute atomic E-state index is 10.6. The second-order valence-electron chi connectivity index (χ2n) is 2.51. The van der Waals surface area contributed by atoms with E-state index in [9.17, 15) is 10.1 Å². The lowest BCUT2D eigenvalue weighted by molar-refractivity contribution is -0.383. The molecule has 0 saturated carbocycles. The van der Waals surface area contributed by atoms with E-state index in [1.165, 1.54) is 6.07 Å². The van der Waals surface area contributed by atoms with Gasteiger partial charge in [0.15, 0.2) is 0 Å². The average Bonchev–Trinajstić information content (AvgIpc) is 2.59. The molecular weight excluding hydrogens is 272 g/mol. The summed E-state index contributed by atoms with van der Waals surface area (Å²) in [7, 11) is 0. The Balaban J connectivity index is 2.88. The van der Waals surface area contributed by atoms with Gasteiger partial charge in [0.05, 0.1) is 21.1 Å². The lowest BCUT2D eigenvalue weighted by Gasteiger charge is -1.98. The predicted molar refractivity (Wildman–Crippen MR) is 56.2 cm³/mol. The van der Waals surface area contributed by atoms with Crippen molar-refractivity contribution in [3.63, 3.8) is 0 Å². The van der Waals surface area contributed by atoms with E-state index in [0.29, 0.717) is 15.5 Å². The Morgan fingerprint density at radius 3 is 2.79 bits per heavy atom. The number of aromatic nitrogens is 2. The first kappa shape index (κ1) is 9.28. The van der Waals surface area contributed by atoms with Crippen LogP contribution in [0.2, 0.25) is 0 Å². The Morgan fingerprint density at radius 2 is 2.14 bits per heavy atom. The summed E-state index contributed by atoms with van der Waals surface area (Å²) in [6.07, 6.45) is 0. The molecule has 6 nitrogen and oxygen atoms in total. The molecule has 8 heteroatoms. The summed E-state index contributed by atoms with van der Waals surface area (Å²) in [5, 5.41) is 10.6. The second-order valence-corrected chi connectivity index (χ2v) is 3.89. The van der Waals surface area contributed by atoms with Crippen LogP contribution in [0.5, 0.6) is 0 Å². The molecule has 1 aromatic heterocycles. The van der Waals surface area contributed by atoms with Crippen LogP contribution in [0.1, 0.15) is 0 Å². The number of hydrogen-bond acceptors (Lipinski definition) is 6. The van der Waals surface area contributed by atoms with Crippen LogP contribution in [0.3, 0.4) is 0 Å². The van der Waals surface area contributed by atoms with Gasteiger partial charge in [0.1, 0.15) is 16.7 Å². The summed E-state index contributed by atoms with van der Waals surface area (Å²) in [5.41, 5.74) is 6.40. The fourth-order valence-corrected chi connectivity index (χ4v) is 2.24. The molecule has 72 valence electrons. The fourth-order valence-electron chi connectivity index (χ4n) is 1.06. The minimum absolute atomic E-state index is 0.0574. The van der Waals surface area contributed by atoms with Crippen LogP contribution in [0.4, 0.5) is 11.4 Å². The van der Waals surface area contributed by atoms with Crippen molar-refractivity contribution in [3.05, 3.63) is 20.7 Å². The molecule has 2 rings (SSSR count). The summed E-state index contributed by atoms with van der Waals surface area (Å²) in [4.78, 5) is 10.1. The van der Waals surface area contributed by atoms with Gasteiger partial charge in [-0.3, -0.25) is 10.1 Å². The van der Waals surface area contributed by atoms with Gasteiger partial charge in [-0.2, -0.15) is 8.75 Å². The van der Waals surface area contributed by atoms with Crippen molar-refractivity contribution in [3.8, 4) is 0 Å². The van der Waals surface area contributed by atoms with Crippen LogP contribution in [-0.4, -0.2) is 13.7 Å². The van der Waals surface area contributed by atoms with Crippen molar-refractivity contribution in [2.45, 2.75) is 0 Å². The summed E-state index contributed by atoms with van der Waals surface area (Å²) >= 11 is 4.14. The van der Waals surface area contributed by atoms with Crippen molar-refractivity contribution < 1.29 is 4.92 Å². The maximum atomic E-state index is 10.6. The number of rotatable bonds is 1. The Labute approximate surface area is 90.3 Å². The molecule has 0 unspecified atom stereocenters. The number of halogens is 1. The number of nitrogen functional groups attached to an aromatic ring is 1. The zero-order valence-electron chi connectivity index (χ0n) is 6.60. The molecule has 14 heavy (non-hydrogen) atoms. The number of fused-ring (bicyclic) bond motifs is 1. The maximum Gasteiger partial charge on any atom is 0.295 e. The van der Waals surface area contributed by atoms with Crippen LogP contribution in [-0.2, 0) is 0 Å². The van der Waals surface area contributed by atoms with E-state index in [0.717, 1.165) is 11.7 Å². The Morgan fingerprint density at radius 1 is 1.50 bits per heavy atom. The summed E-state index contributed by atoms with van der Waals surface area (Å²) in [6.45, 7) is 0. The molecule has 0 fully saturated rings. The quantitative estimate of drug-likeness (QED) is 0.487. The molecule has 0 aliphatic carbocycles. The zero-order valence-corrected chi connectivity index (χ0v) is 9.00. The van der Waals surface area contributed by atoms with E-state index < -0.39 is 4.92 Å². The number of nitrogens with two attached hydrogens (primary N) is 1. The van der Waals surface area contributed by atoms with Gasteiger partial charge in [-0.25, -0.2) is 0 Å². The molecule has 0 saturated heterocycles. The number of nitrogens with zero attached hydrogens (tertiary/aromatic N) is 3. The van der Waals surface area contributed by atoms with Gasteiger partial charge in [-0.1, -0.05) is 0 Å². The lowest BCUT2D eigenvalue weighted by Crippen LogP contribution is -1.96. The fraction of sp³-hybridized carbons (Fsp3) is 0. The summed E-state index contributed by atoms with van der Waals surface area (Å²) < 4.78 is 8.38. The second kappa shape index (κ2) is 3.14. The van der Waals surface area contributed by atoms with E-state index in [1.54, 1.807) is 0 Å². The number of nitro benzene ring substituents is 1. The number of nitro groups is 1. The van der Waals surface area contributed by atoms with Crippen LogP contribution < -0.4 is 5.73 Å². The standard InChI is InChI=1S/C6H3BrN4O2S/c7-2-1-3(11(12)13)4(8)6-5(2)9-14-10-6/h1H,8H2. The highest BCUT2D eigenvalue weighted by atomic mass is 79.9. The van der Waals surface area contributed by atoms with Crippen LogP contribution in [0.25, 0.3) is 11.0 Å². The van der Waals surface area contributed by atoms with Gasteiger partial charge in [0.25, 0.3) is 5.69 Å². The van der Waals surface area contributed by atoms with Crippen molar-refractivity contribution in [1.29, 1.82) is 0 Å². The largest absolute Gasteiger partial charge is 0.391 e. The third-order valence-electron chi connectivity index (χ3n) is 1.71. The molecule has 0 bridgehead atoms. The van der Waals surface area contributed by atoms with Crippen molar-refractivity contribution in [2.24, 2.45) is 0 Å². The molecular formula is C6H3BrN4O2S. The summed E-state index contributed by atoms with van der Waals surface area (Å²) in [5.74, 6) is 0. The predicted octanol–water partition coefficient (Wildman–Crippen LogP) is 1.94. The molecule has 1 aromatic carbocycles. The van der Waals surface area contributed by atoms with E-state index >= 15 is 0 Å². The molecule has 0 amide bonds. The molecule has 0 aliphatic heterocycles. The third-order valence-corrected chi connectivity index (χ3v) is 2.84. The van der Waals surface area contributed by atoms with Crippen molar-refractivity contribution in [1.82, 2.24) is 8.75 Å². The molecule has 1 heterocycles. The van der Waals surface area contributed by atoms with Crippen LogP contribution in [0, 0.1) is 10.1 Å². The van der Waals surface area contributed by atoms with Gasteiger partial charge >= 0.3 is 0 Å². The normalized spacial score (nSPS) is 10.6. The van der Waals surface area contributed by atoms with Gasteiger partial charge in [-0.05, 0) is 15.9 Å². The minimum atomic E-state index is -0.543. The highest BCUT2D eigenvalue weighted by Gasteiger charge is 2.19. The molecule has 2 N–H and O–H groups in total. The smallest absolute Gasteiger partial charge is 0.295 e. The highest BCUT2D eigenvalue weighted by molar-refractivity contribution is 9.10. The van der Waals surface area contributed by atoms with E-state index in [1.807, 2.05) is 0 Å². The van der Waals surface area contributed by atoms with Crippen molar-refractivity contribution >= 4 is 50.1 Å². The van der Waals surface area contributed by atoms with Gasteiger partial charge < -0.3 is 5.73 Å². The first-order chi connectivity index (χ1) is 6.61. The average molecular weight is 275 g/mol. The molecule has 0 aliphatic rings. The van der Waals surface area contributed by atoms with E-state index in [2.05, 4.69) is 24.7 Å². The summed E-state index contributed by atoms with van der Waals surface area (Å²) in [6, 6.07) is 1.33. The first-order valence-corrected chi connectivity index (χ1v) is 4.98. The Kier molecular flexibility index (Phi) is 2.08. The lowest BCUT2D eigenvalue weighted by atomic mass is 10.2. The number of hydrogen-bond donors (Lipinski definition) is 1. The van der Waals surface area contributed by atoms with Gasteiger partial charge in [-0.15, -0.1) is 0 Å².